The summed E-state index contributed by atoms with van der Waals surface area (Å²) in [6.45, 7) is 4.36. The molecule has 1 aliphatic rings. The van der Waals surface area contributed by atoms with Crippen molar-refractivity contribution in [2.45, 2.75) is 57.3 Å². The first-order valence-corrected chi connectivity index (χ1v) is 12.6. The van der Waals surface area contributed by atoms with Crippen molar-refractivity contribution in [1.29, 1.82) is 0 Å². The third kappa shape index (κ3) is 6.41. The van der Waals surface area contributed by atoms with Gasteiger partial charge in [-0.05, 0) is 62.6 Å². The van der Waals surface area contributed by atoms with Crippen molar-refractivity contribution in [2.24, 2.45) is 0 Å². The number of ether oxygens (including phenoxy) is 1. The van der Waals surface area contributed by atoms with E-state index in [2.05, 4.69) is 10.6 Å². The minimum absolute atomic E-state index is 0.148. The molecule has 3 aromatic rings. The normalized spacial score (nSPS) is 14.8. The number of para-hydroxylation sites is 1. The first-order chi connectivity index (χ1) is 18.1. The van der Waals surface area contributed by atoms with Gasteiger partial charge in [0.05, 0.1) is 6.61 Å². The molecule has 2 atom stereocenters. The number of hydrogen-bond donors (Lipinski definition) is 4. The zero-order chi connectivity index (χ0) is 27.4. The van der Waals surface area contributed by atoms with Gasteiger partial charge < -0.3 is 30.5 Å². The van der Waals surface area contributed by atoms with Crippen LogP contribution >= 0.6 is 0 Å². The monoisotopic (exact) mass is 519 g/mol. The van der Waals surface area contributed by atoms with E-state index in [0.717, 1.165) is 10.8 Å². The first kappa shape index (κ1) is 26.9. The lowest BCUT2D eigenvalue weighted by Gasteiger charge is -2.34. The SMILES string of the molecule is CC(C)(C)OC(=O)NC(CO)C(=O)N(C1CC1)C(C(=O)Nc1ccc2ccccc2c1)c1ccccc1O. The number of benzene rings is 3. The van der Waals surface area contributed by atoms with Gasteiger partial charge in [-0.3, -0.25) is 9.59 Å². The third-order valence-corrected chi connectivity index (χ3v) is 6.14. The molecule has 4 rings (SSSR count). The highest BCUT2D eigenvalue weighted by Crippen LogP contribution is 2.38. The zero-order valence-electron chi connectivity index (χ0n) is 21.7. The summed E-state index contributed by atoms with van der Waals surface area (Å²) in [6.07, 6.45) is 0.424. The second kappa shape index (κ2) is 11.1. The number of phenolic OH excluding ortho intramolecular Hbond substituents is 1. The van der Waals surface area contributed by atoms with E-state index in [0.29, 0.717) is 18.5 Å². The van der Waals surface area contributed by atoms with Crippen LogP contribution in [-0.2, 0) is 14.3 Å². The molecule has 0 bridgehead atoms. The van der Waals surface area contributed by atoms with Gasteiger partial charge in [-0.1, -0.05) is 48.5 Å². The lowest BCUT2D eigenvalue weighted by Crippen LogP contribution is -2.54. The number of amides is 3. The highest BCUT2D eigenvalue weighted by molar-refractivity contribution is 6.01. The number of rotatable bonds is 8. The number of hydrogen-bond acceptors (Lipinski definition) is 6. The molecule has 0 saturated heterocycles. The summed E-state index contributed by atoms with van der Waals surface area (Å²) < 4.78 is 5.25. The van der Waals surface area contributed by atoms with Crippen LogP contribution in [0.15, 0.2) is 66.7 Å². The topological polar surface area (TPSA) is 128 Å². The molecule has 9 heteroatoms. The van der Waals surface area contributed by atoms with E-state index < -0.39 is 42.2 Å². The van der Waals surface area contributed by atoms with Crippen molar-refractivity contribution < 1.29 is 29.3 Å². The molecule has 0 radical (unpaired) electrons. The molecule has 4 N–H and O–H groups in total. The Kier molecular flexibility index (Phi) is 7.87. The van der Waals surface area contributed by atoms with Crippen LogP contribution in [0.4, 0.5) is 10.5 Å². The number of anilines is 1. The smallest absolute Gasteiger partial charge is 0.408 e. The van der Waals surface area contributed by atoms with E-state index in [4.69, 9.17) is 4.74 Å². The van der Waals surface area contributed by atoms with Crippen LogP contribution in [0.2, 0.25) is 0 Å². The van der Waals surface area contributed by atoms with Crippen LogP contribution in [0, 0.1) is 0 Å². The minimum atomic E-state index is -1.34. The number of nitrogens with zero attached hydrogens (tertiary/aromatic N) is 1. The summed E-state index contributed by atoms with van der Waals surface area (Å²) in [5.74, 6) is -1.33. The van der Waals surface area contributed by atoms with E-state index in [1.165, 1.54) is 11.0 Å². The molecule has 2 unspecified atom stereocenters. The van der Waals surface area contributed by atoms with Crippen molar-refractivity contribution in [2.75, 3.05) is 11.9 Å². The number of fused-ring (bicyclic) bond motifs is 1. The standard InChI is InChI=1S/C29H33N3O6/c1-29(2,3)38-28(37)31-23(17-33)27(36)32(21-14-15-21)25(22-10-6-7-11-24(22)34)26(35)30-20-13-12-18-8-4-5-9-19(18)16-20/h4-13,16,21,23,25,33-34H,14-15,17H2,1-3H3,(H,30,35)(H,31,37). The molecule has 1 saturated carbocycles. The molecule has 0 spiro atoms. The average molecular weight is 520 g/mol. The Labute approximate surface area is 221 Å². The maximum Gasteiger partial charge on any atom is 0.408 e. The summed E-state index contributed by atoms with van der Waals surface area (Å²) in [4.78, 5) is 41.3. The first-order valence-electron chi connectivity index (χ1n) is 12.6. The number of nitrogens with one attached hydrogen (secondary N) is 2. The summed E-state index contributed by atoms with van der Waals surface area (Å²) in [5.41, 5.74) is -0.0376. The Balaban J connectivity index is 1.67. The fraction of sp³-hybridized carbons (Fsp3) is 0.345. The lowest BCUT2D eigenvalue weighted by molar-refractivity contribution is -0.142. The van der Waals surface area contributed by atoms with Gasteiger partial charge in [0.15, 0.2) is 0 Å². The maximum absolute atomic E-state index is 13.8. The Bertz CT molecular complexity index is 1330. The second-order valence-corrected chi connectivity index (χ2v) is 10.4. The maximum atomic E-state index is 13.8. The predicted octanol–water partition coefficient (Wildman–Crippen LogP) is 4.10. The summed E-state index contributed by atoms with van der Waals surface area (Å²) in [7, 11) is 0. The molecule has 0 aromatic heterocycles. The molecule has 200 valence electrons. The number of aromatic hydroxyl groups is 1. The Morgan fingerprint density at radius 2 is 1.66 bits per heavy atom. The van der Waals surface area contributed by atoms with Gasteiger partial charge in [0.1, 0.15) is 23.4 Å². The van der Waals surface area contributed by atoms with Gasteiger partial charge in [-0.25, -0.2) is 4.79 Å². The number of aliphatic hydroxyl groups is 1. The molecular formula is C29H33N3O6. The largest absolute Gasteiger partial charge is 0.508 e. The fourth-order valence-corrected chi connectivity index (χ4v) is 4.30. The molecule has 1 fully saturated rings. The Morgan fingerprint density at radius 3 is 2.29 bits per heavy atom. The quantitative estimate of drug-likeness (QED) is 0.355. The van der Waals surface area contributed by atoms with E-state index in [-0.39, 0.29) is 17.4 Å². The van der Waals surface area contributed by atoms with Crippen molar-refractivity contribution >= 4 is 34.4 Å². The number of carbonyl (C=O) groups excluding carboxylic acids is 3. The van der Waals surface area contributed by atoms with E-state index in [1.54, 1.807) is 45.0 Å². The summed E-state index contributed by atoms with van der Waals surface area (Å²) in [6, 6.07) is 16.7. The lowest BCUT2D eigenvalue weighted by atomic mass is 10.0. The average Bonchev–Trinajstić information content (AvgIpc) is 3.70. The molecule has 9 nitrogen and oxygen atoms in total. The Morgan fingerprint density at radius 1 is 1.00 bits per heavy atom. The molecular weight excluding hydrogens is 486 g/mol. The molecule has 3 aromatic carbocycles. The van der Waals surface area contributed by atoms with Gasteiger partial charge in [-0.15, -0.1) is 0 Å². The highest BCUT2D eigenvalue weighted by atomic mass is 16.6. The number of phenols is 1. The Hall–Kier alpha value is -4.11. The van der Waals surface area contributed by atoms with Crippen LogP contribution in [0.3, 0.4) is 0 Å². The van der Waals surface area contributed by atoms with Gasteiger partial charge in [0.25, 0.3) is 5.91 Å². The summed E-state index contributed by atoms with van der Waals surface area (Å²) in [5, 5.41) is 27.9. The number of alkyl carbamates (subject to hydrolysis) is 1. The molecule has 0 aliphatic heterocycles. The molecule has 1 aliphatic carbocycles. The third-order valence-electron chi connectivity index (χ3n) is 6.14. The van der Waals surface area contributed by atoms with Gasteiger partial charge in [0.2, 0.25) is 5.91 Å². The van der Waals surface area contributed by atoms with Gasteiger partial charge in [0, 0.05) is 17.3 Å². The van der Waals surface area contributed by atoms with Crippen LogP contribution < -0.4 is 10.6 Å². The fourth-order valence-electron chi connectivity index (χ4n) is 4.30. The number of carbonyl (C=O) groups is 3. The zero-order valence-corrected chi connectivity index (χ0v) is 21.7. The van der Waals surface area contributed by atoms with E-state index in [9.17, 15) is 24.6 Å². The predicted molar refractivity (Wildman–Crippen MR) is 144 cm³/mol. The number of aliphatic hydroxyl groups excluding tert-OH is 1. The summed E-state index contributed by atoms with van der Waals surface area (Å²) >= 11 is 0. The van der Waals surface area contributed by atoms with Crippen LogP contribution in [0.25, 0.3) is 10.8 Å². The minimum Gasteiger partial charge on any atom is -0.508 e. The van der Waals surface area contributed by atoms with Crippen molar-refractivity contribution in [1.82, 2.24) is 10.2 Å². The van der Waals surface area contributed by atoms with Crippen LogP contribution in [-0.4, -0.2) is 57.3 Å². The van der Waals surface area contributed by atoms with Gasteiger partial charge in [-0.2, -0.15) is 0 Å². The molecule has 0 heterocycles. The van der Waals surface area contributed by atoms with Crippen molar-refractivity contribution in [3.05, 3.63) is 72.3 Å². The van der Waals surface area contributed by atoms with Crippen LogP contribution in [0.1, 0.15) is 45.2 Å². The molecule has 38 heavy (non-hydrogen) atoms. The molecule has 3 amide bonds. The van der Waals surface area contributed by atoms with Crippen molar-refractivity contribution in [3.8, 4) is 5.75 Å². The van der Waals surface area contributed by atoms with Crippen molar-refractivity contribution in [3.63, 3.8) is 0 Å². The van der Waals surface area contributed by atoms with Gasteiger partial charge >= 0.3 is 6.09 Å². The second-order valence-electron chi connectivity index (χ2n) is 10.4. The van der Waals surface area contributed by atoms with E-state index in [1.807, 2.05) is 36.4 Å². The highest BCUT2D eigenvalue weighted by Gasteiger charge is 2.44. The van der Waals surface area contributed by atoms with Crippen LogP contribution in [0.5, 0.6) is 5.75 Å². The van der Waals surface area contributed by atoms with E-state index >= 15 is 0 Å².